The highest BCUT2D eigenvalue weighted by Gasteiger charge is 2.49. The van der Waals surface area contributed by atoms with Gasteiger partial charge in [0.2, 0.25) is 6.79 Å². The van der Waals surface area contributed by atoms with Gasteiger partial charge in [-0.1, -0.05) is 28.1 Å². The number of fused-ring (bicyclic) bond motifs is 1. The molecule has 10 nitrogen and oxygen atoms in total. The molecule has 1 saturated heterocycles. The van der Waals surface area contributed by atoms with Crippen LogP contribution in [0.15, 0.2) is 47.2 Å². The lowest BCUT2D eigenvalue weighted by atomic mass is 9.91. The van der Waals surface area contributed by atoms with Gasteiger partial charge in [-0.2, -0.15) is 0 Å². The zero-order valence-corrected chi connectivity index (χ0v) is 17.3. The molecule has 1 N–H and O–H groups in total. The van der Waals surface area contributed by atoms with Crippen LogP contribution in [0.2, 0.25) is 0 Å². The first-order valence-electron chi connectivity index (χ1n) is 9.02. The first-order valence-corrected chi connectivity index (χ1v) is 9.81. The molecule has 11 heteroatoms. The third-order valence-electron chi connectivity index (χ3n) is 5.18. The van der Waals surface area contributed by atoms with E-state index in [0.717, 1.165) is 10.0 Å². The van der Waals surface area contributed by atoms with E-state index < -0.39 is 11.6 Å². The molecule has 0 bridgehead atoms. The van der Waals surface area contributed by atoms with E-state index in [1.54, 1.807) is 37.3 Å². The maximum Gasteiger partial charge on any atom is 0.325 e. The van der Waals surface area contributed by atoms with Crippen LogP contribution in [0.25, 0.3) is 5.69 Å². The van der Waals surface area contributed by atoms with E-state index in [0.29, 0.717) is 22.7 Å². The molecule has 2 aromatic carbocycles. The first kappa shape index (κ1) is 18.6. The van der Waals surface area contributed by atoms with Crippen molar-refractivity contribution >= 4 is 27.9 Å². The van der Waals surface area contributed by atoms with Crippen LogP contribution < -0.4 is 14.8 Å². The number of nitrogens with zero attached hydrogens (tertiary/aromatic N) is 5. The van der Waals surface area contributed by atoms with E-state index in [9.17, 15) is 9.59 Å². The Morgan fingerprint density at radius 1 is 1.20 bits per heavy atom. The summed E-state index contributed by atoms with van der Waals surface area (Å²) < 4.78 is 13.0. The number of hydrogen-bond acceptors (Lipinski definition) is 7. The second kappa shape index (κ2) is 6.80. The second-order valence-corrected chi connectivity index (χ2v) is 7.90. The second-order valence-electron chi connectivity index (χ2n) is 7.05. The van der Waals surface area contributed by atoms with Crippen molar-refractivity contribution in [2.24, 2.45) is 0 Å². The summed E-state index contributed by atoms with van der Waals surface area (Å²) >= 11 is 3.48. The Morgan fingerprint density at radius 2 is 2.00 bits per heavy atom. The van der Waals surface area contributed by atoms with Crippen LogP contribution in [-0.2, 0) is 16.9 Å². The van der Waals surface area contributed by atoms with E-state index in [4.69, 9.17) is 9.47 Å². The van der Waals surface area contributed by atoms with Gasteiger partial charge in [0.05, 0.1) is 12.2 Å². The minimum atomic E-state index is -1.22. The number of imide groups is 1. The van der Waals surface area contributed by atoms with Gasteiger partial charge in [-0.3, -0.25) is 9.69 Å². The fraction of sp³-hybridized carbons (Fsp3) is 0.211. The predicted octanol–water partition coefficient (Wildman–Crippen LogP) is 2.12. The van der Waals surface area contributed by atoms with Crippen molar-refractivity contribution in [3.05, 3.63) is 58.3 Å². The summed E-state index contributed by atoms with van der Waals surface area (Å²) in [5.41, 5.74) is 0.817. The van der Waals surface area contributed by atoms with E-state index in [1.807, 2.05) is 6.07 Å². The van der Waals surface area contributed by atoms with E-state index in [2.05, 4.69) is 36.8 Å². The number of amides is 3. The van der Waals surface area contributed by atoms with Crippen molar-refractivity contribution in [2.45, 2.75) is 19.0 Å². The van der Waals surface area contributed by atoms with Crippen molar-refractivity contribution in [2.75, 3.05) is 6.79 Å². The topological polar surface area (TPSA) is 111 Å². The summed E-state index contributed by atoms with van der Waals surface area (Å²) in [6, 6.07) is 10.2. The minimum Gasteiger partial charge on any atom is -0.454 e. The Labute approximate surface area is 178 Å². The molecular weight excluding hydrogens is 456 g/mol. The number of benzene rings is 2. The molecular formula is C19H15BrN6O4. The van der Waals surface area contributed by atoms with Gasteiger partial charge in [0.1, 0.15) is 11.9 Å². The van der Waals surface area contributed by atoms with Gasteiger partial charge >= 0.3 is 6.03 Å². The third-order valence-corrected chi connectivity index (χ3v) is 5.92. The normalized spacial score (nSPS) is 20.0. The molecule has 1 atom stereocenters. The predicted molar refractivity (Wildman–Crippen MR) is 106 cm³/mol. The lowest BCUT2D eigenvalue weighted by Gasteiger charge is -2.23. The van der Waals surface area contributed by atoms with Crippen LogP contribution >= 0.6 is 15.9 Å². The monoisotopic (exact) mass is 470 g/mol. The molecule has 0 spiro atoms. The Hall–Kier alpha value is -3.47. The Morgan fingerprint density at radius 3 is 2.77 bits per heavy atom. The zero-order chi connectivity index (χ0) is 20.9. The molecule has 0 radical (unpaired) electrons. The summed E-state index contributed by atoms with van der Waals surface area (Å²) in [6.45, 7) is 1.91. The number of carbonyl (C=O) groups excluding carboxylic acids is 2. The molecule has 2 aliphatic heterocycles. The Bertz CT molecular complexity index is 1170. The molecule has 152 valence electrons. The number of aromatic nitrogens is 4. The number of hydrogen-bond donors (Lipinski definition) is 1. The van der Waals surface area contributed by atoms with E-state index in [1.165, 1.54) is 15.9 Å². The number of carbonyl (C=O) groups is 2. The van der Waals surface area contributed by atoms with Crippen LogP contribution in [0, 0.1) is 0 Å². The first-order chi connectivity index (χ1) is 14.5. The van der Waals surface area contributed by atoms with Crippen molar-refractivity contribution in [1.82, 2.24) is 30.4 Å². The number of tetrazole rings is 1. The van der Waals surface area contributed by atoms with Crippen molar-refractivity contribution in [3.8, 4) is 17.2 Å². The fourth-order valence-corrected chi connectivity index (χ4v) is 3.97. The standard InChI is InChI=1S/C19H15BrN6O4/c1-19(12-3-2-4-13(6-12)26-9-21-23-24-26)17(27)25(18(28)22-19)8-11-5-15-16(7-14(11)20)30-10-29-15/h2-7,9H,8,10H2,1H3,(H,22,28)/t19-/m1/s1. The summed E-state index contributed by atoms with van der Waals surface area (Å²) in [6.07, 6.45) is 1.46. The Kier molecular flexibility index (Phi) is 4.21. The minimum absolute atomic E-state index is 0.0875. The number of rotatable bonds is 4. The van der Waals surface area contributed by atoms with E-state index in [-0.39, 0.29) is 19.2 Å². The lowest BCUT2D eigenvalue weighted by Crippen LogP contribution is -2.40. The molecule has 5 rings (SSSR count). The van der Waals surface area contributed by atoms with Gasteiger partial charge < -0.3 is 14.8 Å². The molecule has 1 aromatic heterocycles. The van der Waals surface area contributed by atoms with Crippen molar-refractivity contribution in [1.29, 1.82) is 0 Å². The van der Waals surface area contributed by atoms with Gasteiger partial charge in [-0.15, -0.1) is 5.10 Å². The highest BCUT2D eigenvalue weighted by atomic mass is 79.9. The number of nitrogens with one attached hydrogen (secondary N) is 1. The highest BCUT2D eigenvalue weighted by Crippen LogP contribution is 2.38. The summed E-state index contributed by atoms with van der Waals surface area (Å²) in [7, 11) is 0. The molecule has 3 aromatic rings. The number of urea groups is 1. The largest absolute Gasteiger partial charge is 0.454 e. The molecule has 0 aliphatic carbocycles. The smallest absolute Gasteiger partial charge is 0.325 e. The molecule has 2 aliphatic rings. The van der Waals surface area contributed by atoms with Gasteiger partial charge in [0.25, 0.3) is 5.91 Å². The number of ether oxygens (including phenoxy) is 2. The Balaban J connectivity index is 1.45. The molecule has 0 unspecified atom stereocenters. The van der Waals surface area contributed by atoms with Crippen molar-refractivity contribution < 1.29 is 19.1 Å². The van der Waals surface area contributed by atoms with Crippen LogP contribution in [-0.4, -0.2) is 43.8 Å². The van der Waals surface area contributed by atoms with Crippen LogP contribution in [0.5, 0.6) is 11.5 Å². The summed E-state index contributed by atoms with van der Waals surface area (Å²) in [5.74, 6) is 0.843. The molecule has 3 heterocycles. The zero-order valence-electron chi connectivity index (χ0n) is 15.7. The summed E-state index contributed by atoms with van der Waals surface area (Å²) in [5, 5.41) is 13.9. The quantitative estimate of drug-likeness (QED) is 0.581. The highest BCUT2D eigenvalue weighted by molar-refractivity contribution is 9.10. The maximum atomic E-state index is 13.3. The number of halogens is 1. The van der Waals surface area contributed by atoms with Crippen LogP contribution in [0.4, 0.5) is 4.79 Å². The average molecular weight is 471 g/mol. The van der Waals surface area contributed by atoms with Crippen LogP contribution in [0.1, 0.15) is 18.1 Å². The van der Waals surface area contributed by atoms with Crippen molar-refractivity contribution in [3.63, 3.8) is 0 Å². The van der Waals surface area contributed by atoms with Crippen LogP contribution in [0.3, 0.4) is 0 Å². The van der Waals surface area contributed by atoms with E-state index >= 15 is 0 Å². The summed E-state index contributed by atoms with van der Waals surface area (Å²) in [4.78, 5) is 27.2. The molecule has 1 fully saturated rings. The SMILES string of the molecule is C[C@]1(c2cccc(-n3cnnn3)c2)NC(=O)N(Cc2cc3c(cc2Br)OCO3)C1=O. The van der Waals surface area contributed by atoms with Gasteiger partial charge in [-0.25, -0.2) is 9.48 Å². The fourth-order valence-electron chi connectivity index (χ4n) is 3.53. The lowest BCUT2D eigenvalue weighted by molar-refractivity contribution is -0.131. The maximum absolute atomic E-state index is 13.3. The third kappa shape index (κ3) is 2.89. The molecule has 3 amide bonds. The molecule has 30 heavy (non-hydrogen) atoms. The molecule has 0 saturated carbocycles. The van der Waals surface area contributed by atoms with Gasteiger partial charge in [0, 0.05) is 4.47 Å². The average Bonchev–Trinajstić information content (AvgIpc) is 3.46. The van der Waals surface area contributed by atoms with Gasteiger partial charge in [-0.05, 0) is 52.7 Å². The van der Waals surface area contributed by atoms with Gasteiger partial charge in [0.15, 0.2) is 11.5 Å².